The first-order valence-electron chi connectivity index (χ1n) is 8.41. The number of aromatic amines is 1. The van der Waals surface area contributed by atoms with Crippen LogP contribution in [0.3, 0.4) is 0 Å². The number of benzene rings is 1. The molecular formula is C18H26FIN4O2. The van der Waals surface area contributed by atoms with Crippen molar-refractivity contribution in [2.75, 3.05) is 27.2 Å². The Morgan fingerprint density at radius 3 is 2.77 bits per heavy atom. The molecule has 0 aliphatic heterocycles. The molecule has 0 saturated heterocycles. The largest absolute Gasteiger partial charge is 0.469 e. The second-order valence-corrected chi connectivity index (χ2v) is 5.71. The number of hydrogen-bond acceptors (Lipinski definition) is 3. The number of nitrogens with zero attached hydrogens (tertiary/aromatic N) is 1. The lowest BCUT2D eigenvalue weighted by atomic mass is 10.1. The molecule has 2 rings (SSSR count). The van der Waals surface area contributed by atoms with Crippen molar-refractivity contribution >= 4 is 46.8 Å². The molecule has 0 saturated carbocycles. The Balaban J connectivity index is 0.00000338. The smallest absolute Gasteiger partial charge is 0.305 e. The highest BCUT2D eigenvalue weighted by Gasteiger charge is 2.05. The van der Waals surface area contributed by atoms with Gasteiger partial charge in [-0.2, -0.15) is 0 Å². The van der Waals surface area contributed by atoms with Crippen molar-refractivity contribution in [3.63, 3.8) is 0 Å². The van der Waals surface area contributed by atoms with Gasteiger partial charge in [0.25, 0.3) is 0 Å². The number of nitrogens with one attached hydrogen (secondary N) is 3. The number of unbranched alkanes of at least 4 members (excludes halogenated alkanes) is 1. The lowest BCUT2D eigenvalue weighted by molar-refractivity contribution is -0.140. The molecule has 1 aromatic heterocycles. The van der Waals surface area contributed by atoms with E-state index in [-0.39, 0.29) is 35.8 Å². The molecule has 1 aromatic carbocycles. The van der Waals surface area contributed by atoms with Gasteiger partial charge in [0.1, 0.15) is 5.82 Å². The highest BCUT2D eigenvalue weighted by Crippen LogP contribution is 2.19. The van der Waals surface area contributed by atoms with Crippen molar-refractivity contribution in [2.45, 2.75) is 25.7 Å². The zero-order valence-electron chi connectivity index (χ0n) is 15.1. The molecule has 0 bridgehead atoms. The number of guanidine groups is 1. The van der Waals surface area contributed by atoms with Gasteiger partial charge in [-0.15, -0.1) is 24.0 Å². The lowest BCUT2D eigenvalue weighted by Crippen LogP contribution is -2.38. The van der Waals surface area contributed by atoms with Gasteiger partial charge in [-0.1, -0.05) is 0 Å². The van der Waals surface area contributed by atoms with Crippen LogP contribution in [0.1, 0.15) is 24.8 Å². The van der Waals surface area contributed by atoms with Crippen molar-refractivity contribution in [3.8, 4) is 0 Å². The Kier molecular flexibility index (Phi) is 10.0. The number of aliphatic imine (C=N–C) groups is 1. The van der Waals surface area contributed by atoms with Crippen LogP contribution in [0.5, 0.6) is 0 Å². The maximum Gasteiger partial charge on any atom is 0.305 e. The van der Waals surface area contributed by atoms with Crippen LogP contribution in [0.2, 0.25) is 0 Å². The third kappa shape index (κ3) is 6.81. The number of hydrogen-bond donors (Lipinski definition) is 3. The number of esters is 1. The maximum atomic E-state index is 13.2. The predicted octanol–water partition coefficient (Wildman–Crippen LogP) is 2.98. The Hall–Kier alpha value is -1.84. The van der Waals surface area contributed by atoms with Crippen LogP contribution in [0.4, 0.5) is 4.39 Å². The van der Waals surface area contributed by atoms with Crippen LogP contribution in [0, 0.1) is 5.82 Å². The molecule has 0 spiro atoms. The highest BCUT2D eigenvalue weighted by molar-refractivity contribution is 14.0. The van der Waals surface area contributed by atoms with E-state index in [4.69, 9.17) is 0 Å². The average molecular weight is 476 g/mol. The van der Waals surface area contributed by atoms with Gasteiger partial charge in [-0.05, 0) is 43.0 Å². The van der Waals surface area contributed by atoms with Crippen molar-refractivity contribution in [3.05, 3.63) is 35.8 Å². The normalized spacial score (nSPS) is 11.1. The molecule has 3 N–H and O–H groups in total. The van der Waals surface area contributed by atoms with Crippen LogP contribution >= 0.6 is 24.0 Å². The summed E-state index contributed by atoms with van der Waals surface area (Å²) in [5.41, 5.74) is 1.94. The van der Waals surface area contributed by atoms with Gasteiger partial charge in [-0.25, -0.2) is 4.39 Å². The minimum Gasteiger partial charge on any atom is -0.469 e. The zero-order chi connectivity index (χ0) is 18.1. The van der Waals surface area contributed by atoms with E-state index in [9.17, 15) is 9.18 Å². The first-order valence-corrected chi connectivity index (χ1v) is 8.41. The third-order valence-electron chi connectivity index (χ3n) is 3.97. The van der Waals surface area contributed by atoms with Crippen molar-refractivity contribution in [2.24, 2.45) is 4.99 Å². The van der Waals surface area contributed by atoms with E-state index in [2.05, 4.69) is 25.3 Å². The number of carbonyl (C=O) groups is 1. The average Bonchev–Trinajstić information content (AvgIpc) is 3.01. The fraction of sp³-hybridized carbons (Fsp3) is 0.444. The monoisotopic (exact) mass is 476 g/mol. The van der Waals surface area contributed by atoms with Crippen LogP contribution in [-0.4, -0.2) is 44.2 Å². The Bertz CT molecular complexity index is 733. The minimum absolute atomic E-state index is 0. The maximum absolute atomic E-state index is 13.2. The SMILES string of the molecule is CN=C(NCCCCC(=O)OC)NCCc1c[nH]c2cc(F)ccc12.I. The minimum atomic E-state index is -0.240. The highest BCUT2D eigenvalue weighted by atomic mass is 127. The summed E-state index contributed by atoms with van der Waals surface area (Å²) in [6.07, 6.45) is 4.79. The number of rotatable bonds is 8. The van der Waals surface area contributed by atoms with Crippen molar-refractivity contribution < 1.29 is 13.9 Å². The summed E-state index contributed by atoms with van der Waals surface area (Å²) in [5.74, 6) is 0.306. The Morgan fingerprint density at radius 2 is 2.04 bits per heavy atom. The van der Waals surface area contributed by atoms with E-state index in [0.717, 1.165) is 48.2 Å². The van der Waals surface area contributed by atoms with Crippen LogP contribution in [0.25, 0.3) is 10.9 Å². The van der Waals surface area contributed by atoms with Gasteiger partial charge in [-0.3, -0.25) is 9.79 Å². The van der Waals surface area contributed by atoms with Crippen molar-refractivity contribution in [1.82, 2.24) is 15.6 Å². The molecule has 8 heteroatoms. The number of fused-ring (bicyclic) bond motifs is 1. The summed E-state index contributed by atoms with van der Waals surface area (Å²) < 4.78 is 17.8. The molecule has 0 fully saturated rings. The van der Waals surface area contributed by atoms with E-state index < -0.39 is 0 Å². The Labute approximate surface area is 170 Å². The molecule has 2 aromatic rings. The molecule has 0 radical (unpaired) electrons. The van der Waals surface area contributed by atoms with Gasteiger partial charge < -0.3 is 20.4 Å². The van der Waals surface area contributed by atoms with E-state index >= 15 is 0 Å². The quantitative estimate of drug-likeness (QED) is 0.180. The summed E-state index contributed by atoms with van der Waals surface area (Å²) in [4.78, 5) is 18.3. The topological polar surface area (TPSA) is 78.5 Å². The molecule has 0 aliphatic carbocycles. The van der Waals surface area contributed by atoms with Gasteiger partial charge in [0.2, 0.25) is 0 Å². The fourth-order valence-corrected chi connectivity index (χ4v) is 2.60. The summed E-state index contributed by atoms with van der Waals surface area (Å²) >= 11 is 0. The zero-order valence-corrected chi connectivity index (χ0v) is 17.4. The summed E-state index contributed by atoms with van der Waals surface area (Å²) in [6, 6.07) is 4.77. The summed E-state index contributed by atoms with van der Waals surface area (Å²) in [5, 5.41) is 7.51. The van der Waals surface area contributed by atoms with Gasteiger partial charge in [0.15, 0.2) is 5.96 Å². The van der Waals surface area contributed by atoms with E-state index in [1.807, 2.05) is 6.20 Å². The molecule has 0 aliphatic rings. The molecule has 0 amide bonds. The first kappa shape index (κ1) is 22.2. The molecule has 1 heterocycles. The third-order valence-corrected chi connectivity index (χ3v) is 3.97. The Morgan fingerprint density at radius 1 is 1.27 bits per heavy atom. The first-order chi connectivity index (χ1) is 12.1. The van der Waals surface area contributed by atoms with Crippen LogP contribution in [0.15, 0.2) is 29.4 Å². The number of H-pyrrole nitrogens is 1. The second-order valence-electron chi connectivity index (χ2n) is 5.71. The molecule has 0 atom stereocenters. The van der Waals surface area contributed by atoms with Gasteiger partial charge in [0.05, 0.1) is 7.11 Å². The lowest BCUT2D eigenvalue weighted by Gasteiger charge is -2.11. The summed E-state index contributed by atoms with van der Waals surface area (Å²) in [6.45, 7) is 1.45. The van der Waals surface area contributed by atoms with E-state index in [1.54, 1.807) is 13.1 Å². The number of aromatic nitrogens is 1. The molecule has 6 nitrogen and oxygen atoms in total. The molecule has 0 unspecified atom stereocenters. The second kappa shape index (κ2) is 11.7. The van der Waals surface area contributed by atoms with Crippen molar-refractivity contribution in [1.29, 1.82) is 0 Å². The van der Waals surface area contributed by atoms with Crippen LogP contribution < -0.4 is 10.6 Å². The van der Waals surface area contributed by atoms with Crippen LogP contribution in [-0.2, 0) is 16.0 Å². The van der Waals surface area contributed by atoms with Gasteiger partial charge >= 0.3 is 5.97 Å². The van der Waals surface area contributed by atoms with Gasteiger partial charge in [0, 0.05) is 43.7 Å². The number of ether oxygens (including phenoxy) is 1. The number of methoxy groups -OCH3 is 1. The summed E-state index contributed by atoms with van der Waals surface area (Å²) in [7, 11) is 3.12. The number of carbonyl (C=O) groups excluding carboxylic acids is 1. The molecule has 144 valence electrons. The molecule has 26 heavy (non-hydrogen) atoms. The predicted molar refractivity (Wildman–Crippen MR) is 113 cm³/mol. The standard InChI is InChI=1S/C18H25FN4O2.HI/c1-20-18(21-9-4-3-5-17(24)25-2)22-10-8-13-12-23-16-11-14(19)6-7-15(13)16;/h6-7,11-12,23H,3-5,8-10H2,1-2H3,(H2,20,21,22);1H. The van der Waals surface area contributed by atoms with E-state index in [1.165, 1.54) is 19.2 Å². The molecular weight excluding hydrogens is 450 g/mol. The number of halogens is 2. The fourth-order valence-electron chi connectivity index (χ4n) is 2.60. The van der Waals surface area contributed by atoms with E-state index in [0.29, 0.717) is 13.0 Å².